The minimum absolute atomic E-state index is 0.185. The van der Waals surface area contributed by atoms with Gasteiger partial charge in [0.05, 0.1) is 6.20 Å². The molecule has 15 heavy (non-hydrogen) atoms. The normalized spacial score (nSPS) is 20.9. The number of carbonyl (C=O) groups is 1. The van der Waals surface area contributed by atoms with Crippen molar-refractivity contribution in [3.05, 3.63) is 17.5 Å². The Balaban J connectivity index is 2.05. The molecule has 2 heterocycles. The van der Waals surface area contributed by atoms with Gasteiger partial charge in [-0.1, -0.05) is 0 Å². The molecule has 82 valence electrons. The zero-order chi connectivity index (χ0) is 10.8. The average Bonchev–Trinajstić information content (AvgIpc) is 2.84. The van der Waals surface area contributed by atoms with Crippen molar-refractivity contribution in [3.8, 4) is 0 Å². The summed E-state index contributed by atoms with van der Waals surface area (Å²) in [5.74, 6) is 0.151. The molecule has 0 bridgehead atoms. The summed E-state index contributed by atoms with van der Waals surface area (Å²) in [6, 6.07) is 0. The highest BCUT2D eigenvalue weighted by Gasteiger charge is 2.28. The maximum absolute atomic E-state index is 11.3. The quantitative estimate of drug-likeness (QED) is 0.721. The molecule has 0 aliphatic carbocycles. The third-order valence-electron chi connectivity index (χ3n) is 2.95. The zero-order valence-corrected chi connectivity index (χ0v) is 8.73. The van der Waals surface area contributed by atoms with E-state index in [1.165, 1.54) is 0 Å². The van der Waals surface area contributed by atoms with Gasteiger partial charge in [-0.2, -0.15) is 5.10 Å². The molecule has 0 radical (unpaired) electrons. The Hall–Kier alpha value is -1.36. The lowest BCUT2D eigenvalue weighted by Crippen LogP contribution is -2.30. The predicted molar refractivity (Wildman–Crippen MR) is 54.3 cm³/mol. The molecule has 1 atom stereocenters. The van der Waals surface area contributed by atoms with Gasteiger partial charge < -0.3 is 10.0 Å². The zero-order valence-electron chi connectivity index (χ0n) is 8.73. The first-order chi connectivity index (χ1) is 7.22. The lowest BCUT2D eigenvalue weighted by molar-refractivity contribution is -0.133. The summed E-state index contributed by atoms with van der Waals surface area (Å²) in [5, 5.41) is 15.7. The number of aromatic amines is 1. The summed E-state index contributed by atoms with van der Waals surface area (Å²) in [7, 11) is 0. The van der Waals surface area contributed by atoms with E-state index in [0.717, 1.165) is 24.2 Å². The number of aliphatic hydroxyl groups excluding tert-OH is 1. The van der Waals surface area contributed by atoms with E-state index >= 15 is 0 Å². The van der Waals surface area contributed by atoms with Crippen LogP contribution < -0.4 is 0 Å². The van der Waals surface area contributed by atoms with Crippen molar-refractivity contribution in [2.24, 2.45) is 0 Å². The predicted octanol–water partition coefficient (Wildman–Crippen LogP) is 0.0263. The topological polar surface area (TPSA) is 69.2 Å². The van der Waals surface area contributed by atoms with Gasteiger partial charge in [-0.15, -0.1) is 0 Å². The molecule has 0 unspecified atom stereocenters. The third kappa shape index (κ3) is 1.87. The number of nitrogens with one attached hydrogen (secondary N) is 1. The summed E-state index contributed by atoms with van der Waals surface area (Å²) in [6.07, 6.45) is 2.74. The van der Waals surface area contributed by atoms with Crippen LogP contribution in [0.2, 0.25) is 0 Å². The van der Waals surface area contributed by atoms with Crippen LogP contribution in [0.5, 0.6) is 0 Å². The number of aromatic nitrogens is 2. The van der Waals surface area contributed by atoms with E-state index in [0.29, 0.717) is 12.5 Å². The van der Waals surface area contributed by atoms with Crippen LogP contribution in [0.15, 0.2) is 6.20 Å². The first kappa shape index (κ1) is 10.2. The van der Waals surface area contributed by atoms with Crippen molar-refractivity contribution >= 4 is 5.91 Å². The van der Waals surface area contributed by atoms with Crippen molar-refractivity contribution in [2.45, 2.75) is 19.3 Å². The monoisotopic (exact) mass is 209 g/mol. The minimum Gasteiger partial charge on any atom is -0.387 e. The SMILES string of the molecule is Cc1cn[nH]c1[C@H]1CCN(C(=O)CO)C1. The third-order valence-corrected chi connectivity index (χ3v) is 2.95. The number of aryl methyl sites for hydroxylation is 1. The molecule has 1 aliphatic rings. The Morgan fingerprint density at radius 2 is 2.60 bits per heavy atom. The summed E-state index contributed by atoms with van der Waals surface area (Å²) in [6.45, 7) is 3.02. The number of carbonyl (C=O) groups excluding carboxylic acids is 1. The average molecular weight is 209 g/mol. The Bertz CT molecular complexity index is 361. The van der Waals surface area contributed by atoms with E-state index in [1.54, 1.807) is 11.1 Å². The highest BCUT2D eigenvalue weighted by molar-refractivity contribution is 5.77. The Morgan fingerprint density at radius 1 is 1.80 bits per heavy atom. The summed E-state index contributed by atoms with van der Waals surface area (Å²) in [4.78, 5) is 13.0. The number of H-pyrrole nitrogens is 1. The summed E-state index contributed by atoms with van der Waals surface area (Å²) >= 11 is 0. The first-order valence-electron chi connectivity index (χ1n) is 5.11. The Morgan fingerprint density at radius 3 is 3.20 bits per heavy atom. The molecular formula is C10H15N3O2. The first-order valence-corrected chi connectivity index (χ1v) is 5.11. The number of rotatable bonds is 2. The van der Waals surface area contributed by atoms with Gasteiger partial charge in [0.1, 0.15) is 6.61 Å². The molecule has 1 aromatic heterocycles. The summed E-state index contributed by atoms with van der Waals surface area (Å²) < 4.78 is 0. The van der Waals surface area contributed by atoms with Crippen LogP contribution in [0.3, 0.4) is 0 Å². The molecule has 1 fully saturated rings. The van der Waals surface area contributed by atoms with Crippen LogP contribution in [0.1, 0.15) is 23.6 Å². The van der Waals surface area contributed by atoms with Crippen molar-refractivity contribution in [2.75, 3.05) is 19.7 Å². The fourth-order valence-electron chi connectivity index (χ4n) is 2.09. The van der Waals surface area contributed by atoms with E-state index in [4.69, 9.17) is 5.11 Å². The van der Waals surface area contributed by atoms with E-state index < -0.39 is 6.61 Å². The van der Waals surface area contributed by atoms with Gasteiger partial charge in [0.25, 0.3) is 0 Å². The van der Waals surface area contributed by atoms with E-state index in [9.17, 15) is 4.79 Å². The van der Waals surface area contributed by atoms with E-state index in [-0.39, 0.29) is 5.91 Å². The molecule has 0 spiro atoms. The van der Waals surface area contributed by atoms with Crippen LogP contribution in [0, 0.1) is 6.92 Å². The lowest BCUT2D eigenvalue weighted by atomic mass is 10.0. The molecular weight excluding hydrogens is 194 g/mol. The molecule has 0 aromatic carbocycles. The van der Waals surface area contributed by atoms with E-state index in [1.807, 2.05) is 6.92 Å². The molecule has 2 rings (SSSR count). The molecule has 5 nitrogen and oxygen atoms in total. The number of amides is 1. The van der Waals surface area contributed by atoms with Crippen LogP contribution in [-0.2, 0) is 4.79 Å². The Kier molecular flexibility index (Phi) is 2.73. The fraction of sp³-hybridized carbons (Fsp3) is 0.600. The number of aliphatic hydroxyl groups is 1. The molecule has 1 amide bonds. The van der Waals surface area contributed by atoms with Gasteiger partial charge in [0.15, 0.2) is 0 Å². The number of hydrogen-bond donors (Lipinski definition) is 2. The van der Waals surface area contributed by atoms with Crippen LogP contribution in [-0.4, -0.2) is 45.8 Å². The van der Waals surface area contributed by atoms with Crippen molar-refractivity contribution in [1.29, 1.82) is 0 Å². The molecule has 1 saturated heterocycles. The van der Waals surface area contributed by atoms with Gasteiger partial charge in [-0.05, 0) is 18.9 Å². The Labute approximate surface area is 88.1 Å². The van der Waals surface area contributed by atoms with Gasteiger partial charge >= 0.3 is 0 Å². The number of hydrogen-bond acceptors (Lipinski definition) is 3. The second-order valence-electron chi connectivity index (χ2n) is 3.95. The maximum Gasteiger partial charge on any atom is 0.248 e. The highest BCUT2D eigenvalue weighted by atomic mass is 16.3. The van der Waals surface area contributed by atoms with Crippen molar-refractivity contribution < 1.29 is 9.90 Å². The fourth-order valence-corrected chi connectivity index (χ4v) is 2.09. The second kappa shape index (κ2) is 4.02. The van der Waals surface area contributed by atoms with Gasteiger partial charge in [-0.3, -0.25) is 9.89 Å². The standard InChI is InChI=1S/C10H15N3O2/c1-7-4-11-12-10(7)8-2-3-13(5-8)9(15)6-14/h4,8,14H,2-3,5-6H2,1H3,(H,11,12)/t8-/m0/s1. The second-order valence-corrected chi connectivity index (χ2v) is 3.95. The van der Waals surface area contributed by atoms with Gasteiger partial charge in [0, 0.05) is 24.7 Å². The molecule has 0 saturated carbocycles. The van der Waals surface area contributed by atoms with E-state index in [2.05, 4.69) is 10.2 Å². The number of nitrogens with zero attached hydrogens (tertiary/aromatic N) is 2. The summed E-state index contributed by atoms with van der Waals surface area (Å²) in [5.41, 5.74) is 2.25. The largest absolute Gasteiger partial charge is 0.387 e. The smallest absolute Gasteiger partial charge is 0.248 e. The van der Waals surface area contributed by atoms with Crippen LogP contribution in [0.25, 0.3) is 0 Å². The molecule has 2 N–H and O–H groups in total. The maximum atomic E-state index is 11.3. The highest BCUT2D eigenvalue weighted by Crippen LogP contribution is 2.27. The van der Waals surface area contributed by atoms with Crippen LogP contribution >= 0.6 is 0 Å². The molecule has 1 aliphatic heterocycles. The van der Waals surface area contributed by atoms with Crippen molar-refractivity contribution in [3.63, 3.8) is 0 Å². The minimum atomic E-state index is -0.394. The van der Waals surface area contributed by atoms with Crippen LogP contribution in [0.4, 0.5) is 0 Å². The van der Waals surface area contributed by atoms with Crippen molar-refractivity contribution in [1.82, 2.24) is 15.1 Å². The van der Waals surface area contributed by atoms with Gasteiger partial charge in [0.2, 0.25) is 5.91 Å². The molecule has 1 aromatic rings. The molecule has 5 heteroatoms. The van der Waals surface area contributed by atoms with Gasteiger partial charge in [-0.25, -0.2) is 0 Å². The number of likely N-dealkylation sites (tertiary alicyclic amines) is 1. The lowest BCUT2D eigenvalue weighted by Gasteiger charge is -2.14.